The predicted molar refractivity (Wildman–Crippen MR) is 152 cm³/mol. The van der Waals surface area contributed by atoms with Gasteiger partial charge in [-0.15, -0.1) is 0 Å². The predicted octanol–water partition coefficient (Wildman–Crippen LogP) is 7.30. The summed E-state index contributed by atoms with van der Waals surface area (Å²) in [6, 6.07) is 26.7. The second kappa shape index (κ2) is 11.1. The van der Waals surface area contributed by atoms with Gasteiger partial charge in [0.2, 0.25) is 0 Å². The summed E-state index contributed by atoms with van der Waals surface area (Å²) in [6.45, 7) is 0.387. The van der Waals surface area contributed by atoms with Crippen LogP contribution in [0.5, 0.6) is 11.5 Å². The van der Waals surface area contributed by atoms with Crippen LogP contribution >= 0.6 is 27.7 Å². The van der Waals surface area contributed by atoms with Gasteiger partial charge in [0, 0.05) is 5.56 Å². The van der Waals surface area contributed by atoms with Crippen molar-refractivity contribution in [2.24, 2.45) is 0 Å². The molecule has 0 aromatic heterocycles. The SMILES string of the molecule is COc1cc(/C=C2/SC(=O)N(Cc3cccc4ccccc34)C2=O)cc(Br)c1OCc1ccccc1C#N. The Morgan fingerprint density at radius 2 is 1.74 bits per heavy atom. The molecule has 1 heterocycles. The van der Waals surface area contributed by atoms with E-state index in [1.54, 1.807) is 30.3 Å². The number of hydrogen-bond donors (Lipinski definition) is 0. The Bertz CT molecular complexity index is 1640. The van der Waals surface area contributed by atoms with E-state index in [0.717, 1.165) is 33.7 Å². The number of carbonyl (C=O) groups excluding carboxylic acids is 2. The van der Waals surface area contributed by atoms with E-state index in [4.69, 9.17) is 9.47 Å². The smallest absolute Gasteiger partial charge is 0.293 e. The first-order valence-electron chi connectivity index (χ1n) is 11.7. The molecule has 0 N–H and O–H groups in total. The van der Waals surface area contributed by atoms with Gasteiger partial charge >= 0.3 is 0 Å². The number of nitrogens with zero attached hydrogens (tertiary/aromatic N) is 2. The minimum absolute atomic E-state index is 0.186. The Kier molecular flexibility index (Phi) is 7.50. The molecule has 0 atom stereocenters. The first-order chi connectivity index (χ1) is 18.5. The van der Waals surface area contributed by atoms with E-state index in [-0.39, 0.29) is 24.3 Å². The number of benzene rings is 4. The van der Waals surface area contributed by atoms with Crippen LogP contribution in [0.4, 0.5) is 4.79 Å². The summed E-state index contributed by atoms with van der Waals surface area (Å²) >= 11 is 4.45. The summed E-state index contributed by atoms with van der Waals surface area (Å²) in [6.07, 6.45) is 1.68. The molecule has 0 aliphatic carbocycles. The second-order valence-corrected chi connectivity index (χ2v) is 10.3. The molecule has 5 rings (SSSR count). The fourth-order valence-corrected chi connectivity index (χ4v) is 5.67. The number of nitriles is 1. The third kappa shape index (κ3) is 5.17. The van der Waals surface area contributed by atoms with Crippen molar-refractivity contribution >= 4 is 55.7 Å². The number of fused-ring (bicyclic) bond motifs is 1. The van der Waals surface area contributed by atoms with E-state index in [1.807, 2.05) is 54.6 Å². The van der Waals surface area contributed by atoms with Gasteiger partial charge in [-0.25, -0.2) is 0 Å². The van der Waals surface area contributed by atoms with Crippen LogP contribution < -0.4 is 9.47 Å². The number of halogens is 1. The van der Waals surface area contributed by atoms with E-state index < -0.39 is 0 Å². The Morgan fingerprint density at radius 3 is 2.55 bits per heavy atom. The van der Waals surface area contributed by atoms with Gasteiger partial charge in [-0.05, 0) is 73.9 Å². The maximum absolute atomic E-state index is 13.2. The van der Waals surface area contributed by atoms with E-state index in [1.165, 1.54) is 12.0 Å². The quantitative estimate of drug-likeness (QED) is 0.212. The molecule has 4 aromatic rings. The fraction of sp³-hybridized carbons (Fsp3) is 0.100. The van der Waals surface area contributed by atoms with Crippen LogP contribution in [0, 0.1) is 11.3 Å². The standard InChI is InChI=1S/C30H21BrN2O4S/c1-36-26-14-19(13-25(31)28(26)37-18-23-9-3-2-8-21(23)16-32)15-27-29(34)33(30(35)38-27)17-22-11-6-10-20-7-4-5-12-24(20)22/h2-15H,17-18H2,1H3/b27-15+. The molecule has 0 unspecified atom stereocenters. The topological polar surface area (TPSA) is 79.6 Å². The third-order valence-corrected chi connectivity index (χ3v) is 7.64. The first-order valence-corrected chi connectivity index (χ1v) is 13.3. The Balaban J connectivity index is 1.37. The van der Waals surface area contributed by atoms with Crippen molar-refractivity contribution in [1.29, 1.82) is 5.26 Å². The highest BCUT2D eigenvalue weighted by atomic mass is 79.9. The van der Waals surface area contributed by atoms with Crippen molar-refractivity contribution in [2.75, 3.05) is 7.11 Å². The molecule has 1 saturated heterocycles. The zero-order valence-corrected chi connectivity index (χ0v) is 22.7. The highest BCUT2D eigenvalue weighted by Crippen LogP contribution is 2.40. The van der Waals surface area contributed by atoms with E-state index in [0.29, 0.717) is 32.0 Å². The van der Waals surface area contributed by atoms with Crippen LogP contribution in [0.2, 0.25) is 0 Å². The zero-order chi connectivity index (χ0) is 26.6. The van der Waals surface area contributed by atoms with Crippen LogP contribution in [0.15, 0.2) is 88.2 Å². The van der Waals surface area contributed by atoms with Gasteiger partial charge in [0.05, 0.1) is 34.7 Å². The van der Waals surface area contributed by atoms with Crippen molar-refractivity contribution in [1.82, 2.24) is 4.90 Å². The first kappa shape index (κ1) is 25.6. The number of hydrogen-bond acceptors (Lipinski definition) is 6. The summed E-state index contributed by atoms with van der Waals surface area (Å²) < 4.78 is 12.2. The minimum atomic E-state index is -0.337. The van der Waals surface area contributed by atoms with E-state index in [9.17, 15) is 14.9 Å². The van der Waals surface area contributed by atoms with Crippen molar-refractivity contribution in [3.8, 4) is 17.6 Å². The van der Waals surface area contributed by atoms with Crippen molar-refractivity contribution in [3.05, 3.63) is 110 Å². The molecule has 0 saturated carbocycles. The largest absolute Gasteiger partial charge is 0.493 e. The number of ether oxygens (including phenoxy) is 2. The molecule has 1 aliphatic heterocycles. The highest BCUT2D eigenvalue weighted by molar-refractivity contribution is 9.10. The summed E-state index contributed by atoms with van der Waals surface area (Å²) in [4.78, 5) is 27.6. The van der Waals surface area contributed by atoms with Gasteiger partial charge in [0.25, 0.3) is 11.1 Å². The third-order valence-electron chi connectivity index (χ3n) is 6.14. The maximum Gasteiger partial charge on any atom is 0.293 e. The molecule has 0 bridgehead atoms. The summed E-state index contributed by atoms with van der Waals surface area (Å²) in [5.74, 6) is 0.591. The van der Waals surface area contributed by atoms with Crippen LogP contribution in [0.25, 0.3) is 16.8 Å². The number of methoxy groups -OCH3 is 1. The fourth-order valence-electron chi connectivity index (χ4n) is 4.26. The molecule has 6 nitrogen and oxygen atoms in total. The maximum atomic E-state index is 13.2. The van der Waals surface area contributed by atoms with Gasteiger partial charge in [-0.2, -0.15) is 5.26 Å². The van der Waals surface area contributed by atoms with Crippen molar-refractivity contribution < 1.29 is 19.1 Å². The van der Waals surface area contributed by atoms with E-state index in [2.05, 4.69) is 22.0 Å². The highest BCUT2D eigenvalue weighted by Gasteiger charge is 2.35. The van der Waals surface area contributed by atoms with Gasteiger partial charge in [0.15, 0.2) is 11.5 Å². The molecule has 2 amide bonds. The normalized spacial score (nSPS) is 14.2. The number of thioether (sulfide) groups is 1. The van der Waals surface area contributed by atoms with E-state index >= 15 is 0 Å². The molecule has 8 heteroatoms. The summed E-state index contributed by atoms with van der Waals surface area (Å²) in [7, 11) is 1.53. The summed E-state index contributed by atoms with van der Waals surface area (Å²) in [5, 5.41) is 11.1. The Morgan fingerprint density at radius 1 is 1.00 bits per heavy atom. The number of carbonyl (C=O) groups is 2. The van der Waals surface area contributed by atoms with Crippen LogP contribution in [-0.2, 0) is 17.9 Å². The van der Waals surface area contributed by atoms with Crippen LogP contribution in [0.1, 0.15) is 22.3 Å². The molecule has 0 spiro atoms. The lowest BCUT2D eigenvalue weighted by molar-refractivity contribution is -0.123. The van der Waals surface area contributed by atoms with Crippen LogP contribution in [0.3, 0.4) is 0 Å². The van der Waals surface area contributed by atoms with Gasteiger partial charge in [0.1, 0.15) is 6.61 Å². The molecule has 1 fully saturated rings. The molecule has 1 aliphatic rings. The lowest BCUT2D eigenvalue weighted by atomic mass is 10.0. The zero-order valence-electron chi connectivity index (χ0n) is 20.3. The molecule has 0 radical (unpaired) electrons. The molecule has 188 valence electrons. The molecular weight excluding hydrogens is 564 g/mol. The number of imide groups is 1. The Labute approximate surface area is 232 Å². The molecule has 4 aromatic carbocycles. The van der Waals surface area contributed by atoms with Gasteiger partial charge in [-0.1, -0.05) is 60.7 Å². The monoisotopic (exact) mass is 584 g/mol. The van der Waals surface area contributed by atoms with Crippen molar-refractivity contribution in [2.45, 2.75) is 13.2 Å². The molecule has 38 heavy (non-hydrogen) atoms. The number of amides is 2. The number of rotatable bonds is 7. The molecular formula is C30H21BrN2O4S. The van der Waals surface area contributed by atoms with Crippen molar-refractivity contribution in [3.63, 3.8) is 0 Å². The average Bonchev–Trinajstić information content (AvgIpc) is 3.19. The second-order valence-electron chi connectivity index (χ2n) is 8.50. The Hall–Kier alpha value is -4.06. The lowest BCUT2D eigenvalue weighted by Gasteiger charge is -2.15. The summed E-state index contributed by atoms with van der Waals surface area (Å²) in [5.41, 5.74) is 2.89. The van der Waals surface area contributed by atoms with Gasteiger partial charge < -0.3 is 9.47 Å². The lowest BCUT2D eigenvalue weighted by Crippen LogP contribution is -2.27. The van der Waals surface area contributed by atoms with Gasteiger partial charge in [-0.3, -0.25) is 14.5 Å². The average molecular weight is 585 g/mol. The van der Waals surface area contributed by atoms with Crippen LogP contribution in [-0.4, -0.2) is 23.2 Å². The minimum Gasteiger partial charge on any atom is -0.493 e.